The van der Waals surface area contributed by atoms with Gasteiger partial charge in [0, 0.05) is 10.0 Å². The fraction of sp³-hybridized carbons (Fsp3) is 0.333. The number of nitrogens with two attached hydrogens (primary N) is 1. The van der Waals surface area contributed by atoms with Crippen LogP contribution in [0.1, 0.15) is 34.7 Å². The quantitative estimate of drug-likeness (QED) is 0.859. The summed E-state index contributed by atoms with van der Waals surface area (Å²) < 4.78 is 1.08. The molecule has 0 amide bonds. The Bertz CT molecular complexity index is 606. The Morgan fingerprint density at radius 2 is 1.60 bits per heavy atom. The van der Waals surface area contributed by atoms with Crippen molar-refractivity contribution in [3.63, 3.8) is 0 Å². The van der Waals surface area contributed by atoms with Gasteiger partial charge in [-0.1, -0.05) is 51.8 Å². The molecule has 20 heavy (non-hydrogen) atoms. The van der Waals surface area contributed by atoms with Crippen LogP contribution in [0.5, 0.6) is 0 Å². The van der Waals surface area contributed by atoms with E-state index in [4.69, 9.17) is 5.73 Å². The van der Waals surface area contributed by atoms with Crippen molar-refractivity contribution >= 4 is 15.9 Å². The molecule has 2 rings (SSSR count). The maximum absolute atomic E-state index is 6.62. The highest BCUT2D eigenvalue weighted by atomic mass is 79.9. The Balaban J connectivity index is 2.41. The molecule has 1 atom stereocenters. The van der Waals surface area contributed by atoms with Crippen LogP contribution in [0.3, 0.4) is 0 Å². The first kappa shape index (κ1) is 15.3. The van der Waals surface area contributed by atoms with Gasteiger partial charge in [-0.05, 0) is 62.4 Å². The predicted molar refractivity (Wildman–Crippen MR) is 90.0 cm³/mol. The fourth-order valence-corrected chi connectivity index (χ4v) is 3.61. The van der Waals surface area contributed by atoms with E-state index in [-0.39, 0.29) is 5.54 Å². The zero-order valence-corrected chi connectivity index (χ0v) is 14.2. The first-order chi connectivity index (χ1) is 9.31. The zero-order chi connectivity index (χ0) is 14.9. The molecule has 2 N–H and O–H groups in total. The van der Waals surface area contributed by atoms with Crippen molar-refractivity contribution in [2.75, 3.05) is 0 Å². The van der Waals surface area contributed by atoms with Crippen LogP contribution in [0.15, 0.2) is 40.9 Å². The summed E-state index contributed by atoms with van der Waals surface area (Å²) in [6, 6.07) is 12.7. The maximum atomic E-state index is 6.62. The highest BCUT2D eigenvalue weighted by Crippen LogP contribution is 2.31. The van der Waals surface area contributed by atoms with Gasteiger partial charge in [-0.2, -0.15) is 0 Å². The first-order valence-corrected chi connectivity index (χ1v) is 7.71. The number of aryl methyl sites for hydroxylation is 3. The molecule has 0 saturated carbocycles. The van der Waals surface area contributed by atoms with Gasteiger partial charge in [0.25, 0.3) is 0 Å². The summed E-state index contributed by atoms with van der Waals surface area (Å²) in [5.41, 5.74) is 12.7. The molecule has 2 heteroatoms. The van der Waals surface area contributed by atoms with Crippen LogP contribution >= 0.6 is 15.9 Å². The summed E-state index contributed by atoms with van der Waals surface area (Å²) in [5.74, 6) is 0. The Morgan fingerprint density at radius 3 is 2.15 bits per heavy atom. The third kappa shape index (κ3) is 3.13. The molecule has 106 valence electrons. The van der Waals surface area contributed by atoms with Crippen molar-refractivity contribution in [3.05, 3.63) is 68.7 Å². The zero-order valence-electron chi connectivity index (χ0n) is 12.6. The van der Waals surface area contributed by atoms with Crippen molar-refractivity contribution in [2.45, 2.75) is 39.7 Å². The highest BCUT2D eigenvalue weighted by Gasteiger charge is 2.25. The molecule has 0 spiro atoms. The van der Waals surface area contributed by atoms with Gasteiger partial charge in [0.05, 0.1) is 0 Å². The van der Waals surface area contributed by atoms with Crippen LogP contribution in [0.4, 0.5) is 0 Å². The van der Waals surface area contributed by atoms with Crippen molar-refractivity contribution in [1.29, 1.82) is 0 Å². The first-order valence-electron chi connectivity index (χ1n) is 6.92. The molecule has 0 aromatic heterocycles. The molecular weight excluding hydrogens is 310 g/mol. The SMILES string of the molecule is Cc1cc(C)c(CC(C)(N)c2ccccc2Br)c(C)c1. The van der Waals surface area contributed by atoms with Gasteiger partial charge in [-0.3, -0.25) is 0 Å². The van der Waals surface area contributed by atoms with Crippen LogP contribution in [-0.4, -0.2) is 0 Å². The van der Waals surface area contributed by atoms with Crippen LogP contribution < -0.4 is 5.73 Å². The molecule has 0 aliphatic carbocycles. The van der Waals surface area contributed by atoms with Crippen LogP contribution in [0.25, 0.3) is 0 Å². The topological polar surface area (TPSA) is 26.0 Å². The standard InChI is InChI=1S/C18H22BrN/c1-12-9-13(2)15(14(3)10-12)11-18(4,20)16-7-5-6-8-17(16)19/h5-10H,11,20H2,1-4H3. The molecule has 0 radical (unpaired) electrons. The van der Waals surface area contributed by atoms with Gasteiger partial charge < -0.3 is 5.73 Å². The smallest absolute Gasteiger partial charge is 0.0433 e. The normalized spacial score (nSPS) is 14.1. The van der Waals surface area contributed by atoms with Gasteiger partial charge in [-0.25, -0.2) is 0 Å². The molecular formula is C18H22BrN. The van der Waals surface area contributed by atoms with Gasteiger partial charge in [-0.15, -0.1) is 0 Å². The molecule has 0 saturated heterocycles. The lowest BCUT2D eigenvalue weighted by molar-refractivity contribution is 0.487. The third-order valence-corrected chi connectivity index (χ3v) is 4.57. The second-order valence-corrected chi connectivity index (χ2v) is 6.81. The molecule has 1 unspecified atom stereocenters. The lowest BCUT2D eigenvalue weighted by Crippen LogP contribution is -2.36. The molecule has 0 bridgehead atoms. The Kier molecular flexibility index (Phi) is 4.36. The van der Waals surface area contributed by atoms with Gasteiger partial charge >= 0.3 is 0 Å². The second-order valence-electron chi connectivity index (χ2n) is 5.95. The lowest BCUT2D eigenvalue weighted by Gasteiger charge is -2.28. The summed E-state index contributed by atoms with van der Waals surface area (Å²) in [6.07, 6.45) is 0.841. The number of hydrogen-bond donors (Lipinski definition) is 1. The molecule has 0 aliphatic heterocycles. The number of halogens is 1. The molecule has 0 fully saturated rings. The summed E-state index contributed by atoms with van der Waals surface area (Å²) in [5, 5.41) is 0. The van der Waals surface area contributed by atoms with Crippen molar-refractivity contribution in [3.8, 4) is 0 Å². The maximum Gasteiger partial charge on any atom is 0.0433 e. The monoisotopic (exact) mass is 331 g/mol. The fourth-order valence-electron chi connectivity index (χ4n) is 2.88. The molecule has 1 nitrogen and oxygen atoms in total. The van der Waals surface area contributed by atoms with Crippen LogP contribution in [0.2, 0.25) is 0 Å². The van der Waals surface area contributed by atoms with E-state index in [1.165, 1.54) is 22.3 Å². The average molecular weight is 332 g/mol. The van der Waals surface area contributed by atoms with Crippen molar-refractivity contribution in [1.82, 2.24) is 0 Å². The third-order valence-electron chi connectivity index (χ3n) is 3.87. The minimum atomic E-state index is -0.384. The molecule has 2 aromatic rings. The second kappa shape index (κ2) is 5.71. The number of benzene rings is 2. The lowest BCUT2D eigenvalue weighted by atomic mass is 9.83. The van der Waals surface area contributed by atoms with Gasteiger partial charge in [0.1, 0.15) is 0 Å². The summed E-state index contributed by atoms with van der Waals surface area (Å²) in [7, 11) is 0. The Morgan fingerprint density at radius 1 is 1.05 bits per heavy atom. The average Bonchev–Trinajstić information content (AvgIpc) is 2.34. The van der Waals surface area contributed by atoms with E-state index in [0.717, 1.165) is 16.5 Å². The van der Waals surface area contributed by atoms with Gasteiger partial charge in [0.15, 0.2) is 0 Å². The van der Waals surface area contributed by atoms with Crippen LogP contribution in [0, 0.1) is 20.8 Å². The largest absolute Gasteiger partial charge is 0.321 e. The number of rotatable bonds is 3. The molecule has 0 heterocycles. The number of hydrogen-bond acceptors (Lipinski definition) is 1. The van der Waals surface area contributed by atoms with Crippen molar-refractivity contribution < 1.29 is 0 Å². The minimum Gasteiger partial charge on any atom is -0.321 e. The van der Waals surface area contributed by atoms with E-state index >= 15 is 0 Å². The van der Waals surface area contributed by atoms with E-state index in [2.05, 4.69) is 67.9 Å². The highest BCUT2D eigenvalue weighted by molar-refractivity contribution is 9.10. The van der Waals surface area contributed by atoms with E-state index in [9.17, 15) is 0 Å². The molecule has 0 aliphatic rings. The van der Waals surface area contributed by atoms with Gasteiger partial charge in [0.2, 0.25) is 0 Å². The minimum absolute atomic E-state index is 0.384. The predicted octanol–water partition coefficient (Wildman–Crippen LogP) is 4.79. The molecule has 2 aromatic carbocycles. The van der Waals surface area contributed by atoms with E-state index in [1.807, 2.05) is 12.1 Å². The van der Waals surface area contributed by atoms with E-state index in [1.54, 1.807) is 0 Å². The summed E-state index contributed by atoms with van der Waals surface area (Å²) >= 11 is 3.61. The summed E-state index contributed by atoms with van der Waals surface area (Å²) in [4.78, 5) is 0. The van der Waals surface area contributed by atoms with E-state index in [0.29, 0.717) is 0 Å². The van der Waals surface area contributed by atoms with Crippen LogP contribution in [-0.2, 0) is 12.0 Å². The van der Waals surface area contributed by atoms with E-state index < -0.39 is 0 Å². The van der Waals surface area contributed by atoms with Crippen molar-refractivity contribution in [2.24, 2.45) is 5.73 Å². The Labute approximate surface area is 130 Å². The Hall–Kier alpha value is -1.12. The summed E-state index contributed by atoms with van der Waals surface area (Å²) in [6.45, 7) is 8.59.